The van der Waals surface area contributed by atoms with Crippen molar-refractivity contribution in [3.05, 3.63) is 10.6 Å². The molecule has 4 rings (SSSR count). The third kappa shape index (κ3) is 3.03. The number of thiazole rings is 1. The number of nitrogens with one attached hydrogen (secondary N) is 2. The first-order chi connectivity index (χ1) is 12.1. The molecule has 1 aromatic rings. The summed E-state index contributed by atoms with van der Waals surface area (Å²) in [5.74, 6) is -0.631. The Morgan fingerprint density at radius 1 is 1.16 bits per heavy atom. The number of urea groups is 1. The van der Waals surface area contributed by atoms with Crippen LogP contribution in [0.15, 0.2) is 0 Å². The Kier molecular flexibility index (Phi) is 4.23. The van der Waals surface area contributed by atoms with Crippen molar-refractivity contribution < 1.29 is 14.4 Å². The molecule has 0 aromatic carbocycles. The van der Waals surface area contributed by atoms with E-state index in [4.69, 9.17) is 0 Å². The molecule has 2 heterocycles. The molecule has 2 aliphatic carbocycles. The maximum Gasteiger partial charge on any atom is 0.325 e. The number of aromatic nitrogens is 1. The molecule has 134 valence electrons. The van der Waals surface area contributed by atoms with Gasteiger partial charge in [0, 0.05) is 4.88 Å². The van der Waals surface area contributed by atoms with Crippen LogP contribution in [0, 0.1) is 0 Å². The third-order valence-corrected chi connectivity index (χ3v) is 6.42. The van der Waals surface area contributed by atoms with Gasteiger partial charge in [-0.05, 0) is 38.5 Å². The van der Waals surface area contributed by atoms with E-state index in [-0.39, 0.29) is 18.4 Å². The van der Waals surface area contributed by atoms with E-state index in [1.54, 1.807) is 0 Å². The van der Waals surface area contributed by atoms with Crippen LogP contribution in [0.5, 0.6) is 0 Å². The van der Waals surface area contributed by atoms with Gasteiger partial charge in [-0.3, -0.25) is 14.5 Å². The van der Waals surface area contributed by atoms with Crippen molar-refractivity contribution in [2.24, 2.45) is 0 Å². The zero-order valence-corrected chi connectivity index (χ0v) is 14.9. The van der Waals surface area contributed by atoms with Gasteiger partial charge in [-0.25, -0.2) is 9.78 Å². The molecule has 0 radical (unpaired) electrons. The smallest absolute Gasteiger partial charge is 0.323 e. The fourth-order valence-electron chi connectivity index (χ4n) is 4.02. The van der Waals surface area contributed by atoms with Crippen molar-refractivity contribution in [3.63, 3.8) is 0 Å². The lowest BCUT2D eigenvalue weighted by Gasteiger charge is -2.30. The molecule has 7 nitrogen and oxygen atoms in total. The van der Waals surface area contributed by atoms with Gasteiger partial charge in [-0.1, -0.05) is 19.3 Å². The molecule has 0 atom stereocenters. The van der Waals surface area contributed by atoms with Gasteiger partial charge in [0.2, 0.25) is 5.91 Å². The average Bonchev–Trinajstić information content (AvgIpc) is 3.10. The van der Waals surface area contributed by atoms with E-state index in [2.05, 4.69) is 15.6 Å². The Morgan fingerprint density at radius 2 is 1.92 bits per heavy atom. The summed E-state index contributed by atoms with van der Waals surface area (Å²) >= 11 is 1.50. The molecule has 25 heavy (non-hydrogen) atoms. The summed E-state index contributed by atoms with van der Waals surface area (Å²) in [5.41, 5.74) is 0.290. The summed E-state index contributed by atoms with van der Waals surface area (Å²) in [4.78, 5) is 44.0. The Bertz CT molecular complexity index is 700. The monoisotopic (exact) mass is 362 g/mol. The number of rotatable bonds is 3. The molecule has 1 aliphatic heterocycles. The summed E-state index contributed by atoms with van der Waals surface area (Å²) in [7, 11) is 0. The first-order valence-electron chi connectivity index (χ1n) is 9.00. The van der Waals surface area contributed by atoms with Crippen molar-refractivity contribution in [3.8, 4) is 0 Å². The number of amides is 4. The minimum atomic E-state index is -0.782. The topological polar surface area (TPSA) is 91.4 Å². The lowest BCUT2D eigenvalue weighted by Crippen LogP contribution is -2.48. The Labute approximate surface area is 150 Å². The average molecular weight is 362 g/mol. The number of hydrogen-bond acceptors (Lipinski definition) is 5. The van der Waals surface area contributed by atoms with Crippen LogP contribution in [0.3, 0.4) is 0 Å². The summed E-state index contributed by atoms with van der Waals surface area (Å²) in [5, 5.41) is 6.14. The molecule has 1 saturated heterocycles. The number of hydrogen-bond donors (Lipinski definition) is 2. The largest absolute Gasteiger partial charge is 0.325 e. The molecular formula is C17H22N4O3S. The van der Waals surface area contributed by atoms with E-state index in [1.165, 1.54) is 16.2 Å². The Morgan fingerprint density at radius 3 is 2.68 bits per heavy atom. The predicted octanol–water partition coefficient (Wildman–Crippen LogP) is 2.22. The van der Waals surface area contributed by atoms with Crippen LogP contribution in [0.25, 0.3) is 0 Å². The molecule has 0 unspecified atom stereocenters. The first kappa shape index (κ1) is 16.5. The molecule has 1 aromatic heterocycles. The molecule has 8 heteroatoms. The second-order valence-electron chi connectivity index (χ2n) is 7.11. The summed E-state index contributed by atoms with van der Waals surface area (Å²) in [6, 6.07) is -0.458. The van der Waals surface area contributed by atoms with Gasteiger partial charge < -0.3 is 10.6 Å². The van der Waals surface area contributed by atoms with E-state index < -0.39 is 11.6 Å². The Hall–Kier alpha value is -1.96. The van der Waals surface area contributed by atoms with Gasteiger partial charge in [0.15, 0.2) is 5.13 Å². The number of carbonyl (C=O) groups excluding carboxylic acids is 3. The number of fused-ring (bicyclic) bond motifs is 1. The van der Waals surface area contributed by atoms with Crippen molar-refractivity contribution in [1.29, 1.82) is 0 Å². The fraction of sp³-hybridized carbons (Fsp3) is 0.647. The van der Waals surface area contributed by atoms with Crippen LogP contribution in [0.1, 0.15) is 55.5 Å². The SMILES string of the molecule is O=C(CN1C(=O)NC2(CCCCC2)C1=O)Nc1nc2c(s1)CCCC2. The zero-order valence-electron chi connectivity index (χ0n) is 14.1. The van der Waals surface area contributed by atoms with Gasteiger partial charge in [0.25, 0.3) is 5.91 Å². The van der Waals surface area contributed by atoms with Crippen molar-refractivity contribution in [1.82, 2.24) is 15.2 Å². The number of nitrogens with zero attached hydrogens (tertiary/aromatic N) is 2. The first-order valence-corrected chi connectivity index (χ1v) is 9.82. The highest BCUT2D eigenvalue weighted by Crippen LogP contribution is 2.34. The van der Waals surface area contributed by atoms with E-state index in [9.17, 15) is 14.4 Å². The minimum Gasteiger partial charge on any atom is -0.323 e. The second-order valence-corrected chi connectivity index (χ2v) is 8.19. The predicted molar refractivity (Wildman–Crippen MR) is 93.4 cm³/mol. The minimum absolute atomic E-state index is 0.253. The molecule has 1 saturated carbocycles. The van der Waals surface area contributed by atoms with Crippen molar-refractivity contribution in [2.45, 2.75) is 63.3 Å². The fourth-order valence-corrected chi connectivity index (χ4v) is 5.09. The van der Waals surface area contributed by atoms with Gasteiger partial charge in [0.05, 0.1) is 5.69 Å². The van der Waals surface area contributed by atoms with E-state index in [1.807, 2.05) is 0 Å². The van der Waals surface area contributed by atoms with Crippen LogP contribution in [0.2, 0.25) is 0 Å². The van der Waals surface area contributed by atoms with Crippen LogP contribution in [0.4, 0.5) is 9.93 Å². The number of carbonyl (C=O) groups is 3. The Balaban J connectivity index is 1.41. The highest BCUT2D eigenvalue weighted by atomic mass is 32.1. The highest BCUT2D eigenvalue weighted by molar-refractivity contribution is 7.15. The molecule has 2 fully saturated rings. The number of anilines is 1. The van der Waals surface area contributed by atoms with Crippen LogP contribution in [-0.4, -0.2) is 39.8 Å². The highest BCUT2D eigenvalue weighted by Gasteiger charge is 2.51. The van der Waals surface area contributed by atoms with Crippen LogP contribution in [-0.2, 0) is 22.4 Å². The second kappa shape index (κ2) is 6.40. The van der Waals surface area contributed by atoms with Crippen LogP contribution < -0.4 is 10.6 Å². The molecule has 3 aliphatic rings. The summed E-state index contributed by atoms with van der Waals surface area (Å²) in [6.07, 6.45) is 8.52. The van der Waals surface area contributed by atoms with Gasteiger partial charge >= 0.3 is 6.03 Å². The van der Waals surface area contributed by atoms with Gasteiger partial charge in [-0.15, -0.1) is 11.3 Å². The quantitative estimate of drug-likeness (QED) is 0.807. The number of aryl methyl sites for hydroxylation is 2. The maximum absolute atomic E-state index is 12.7. The maximum atomic E-state index is 12.7. The zero-order chi connectivity index (χ0) is 17.4. The molecular weight excluding hydrogens is 340 g/mol. The van der Waals surface area contributed by atoms with E-state index in [0.29, 0.717) is 18.0 Å². The standard InChI is InChI=1S/C17H22N4O3S/c22-13(19-15-18-11-6-2-3-7-12(11)25-15)10-21-14(23)17(20-16(21)24)8-4-1-5-9-17/h1-10H2,(H,20,24)(H,18,19,22). The van der Waals surface area contributed by atoms with Gasteiger partial charge in [-0.2, -0.15) is 0 Å². The van der Waals surface area contributed by atoms with Gasteiger partial charge in [0.1, 0.15) is 12.1 Å². The molecule has 2 N–H and O–H groups in total. The van der Waals surface area contributed by atoms with E-state index >= 15 is 0 Å². The molecule has 4 amide bonds. The molecule has 0 bridgehead atoms. The normalized spacial score (nSPS) is 22.0. The number of imide groups is 1. The van der Waals surface area contributed by atoms with Crippen molar-refractivity contribution in [2.75, 3.05) is 11.9 Å². The lowest BCUT2D eigenvalue weighted by molar-refractivity contribution is -0.134. The third-order valence-electron chi connectivity index (χ3n) is 5.35. The summed E-state index contributed by atoms with van der Waals surface area (Å²) in [6.45, 7) is -0.253. The molecule has 1 spiro atoms. The van der Waals surface area contributed by atoms with E-state index in [0.717, 1.165) is 55.5 Å². The summed E-state index contributed by atoms with van der Waals surface area (Å²) < 4.78 is 0. The van der Waals surface area contributed by atoms with Crippen molar-refractivity contribution >= 4 is 34.3 Å². The van der Waals surface area contributed by atoms with Crippen LogP contribution >= 0.6 is 11.3 Å². The lowest BCUT2D eigenvalue weighted by atomic mass is 9.82.